The number of aryl methyl sites for hydroxylation is 2. The summed E-state index contributed by atoms with van der Waals surface area (Å²) in [6, 6.07) is 22.7. The van der Waals surface area contributed by atoms with Crippen LogP contribution in [-0.2, 0) is 27.2 Å². The van der Waals surface area contributed by atoms with E-state index in [2.05, 4.69) is 58.5 Å². The number of hydrogen-bond donors (Lipinski definition) is 2. The Balaban J connectivity index is 1.37. The number of amides is 1. The van der Waals surface area contributed by atoms with E-state index in [1.807, 2.05) is 57.3 Å². The lowest BCUT2D eigenvalue weighted by Crippen LogP contribution is -2.33. The molecule has 1 atom stereocenters. The zero-order valence-corrected chi connectivity index (χ0v) is 26.0. The number of carbonyl (C=O) groups is 2. The number of H-pyrrole nitrogens is 1. The van der Waals surface area contributed by atoms with Gasteiger partial charge in [-0.1, -0.05) is 61.4 Å². The van der Waals surface area contributed by atoms with Crippen molar-refractivity contribution in [3.63, 3.8) is 0 Å². The molecule has 2 heterocycles. The summed E-state index contributed by atoms with van der Waals surface area (Å²) >= 11 is 0. The molecule has 5 rings (SSSR count). The highest BCUT2D eigenvalue weighted by Gasteiger charge is 2.24. The van der Waals surface area contributed by atoms with Crippen molar-refractivity contribution in [2.45, 2.75) is 84.3 Å². The zero-order chi connectivity index (χ0) is 30.4. The number of ether oxygens (including phenoxy) is 1. The highest BCUT2D eigenvalue weighted by molar-refractivity contribution is 5.87. The van der Waals surface area contributed by atoms with Crippen molar-refractivity contribution in [3.8, 4) is 0 Å². The van der Waals surface area contributed by atoms with Gasteiger partial charge in [-0.3, -0.25) is 9.59 Å². The summed E-state index contributed by atoms with van der Waals surface area (Å²) in [6.07, 6.45) is 8.02. The highest BCUT2D eigenvalue weighted by Crippen LogP contribution is 2.33. The van der Waals surface area contributed by atoms with E-state index >= 15 is 0 Å². The van der Waals surface area contributed by atoms with E-state index in [0.29, 0.717) is 12.8 Å². The lowest BCUT2D eigenvalue weighted by atomic mass is 9.94. The molecule has 2 N–H and O–H groups in total. The monoisotopic (exact) mass is 579 g/mol. The van der Waals surface area contributed by atoms with E-state index in [0.717, 1.165) is 46.2 Å². The molecular weight excluding hydrogens is 534 g/mol. The summed E-state index contributed by atoms with van der Waals surface area (Å²) in [6.45, 7) is 9.86. The number of aromatic amines is 1. The molecule has 1 aromatic heterocycles. The summed E-state index contributed by atoms with van der Waals surface area (Å²) in [5, 5.41) is 4.43. The van der Waals surface area contributed by atoms with Crippen molar-refractivity contribution in [1.82, 2.24) is 10.3 Å². The number of carbonyl (C=O) groups excluding carboxylic acids is 2. The van der Waals surface area contributed by atoms with E-state index in [1.165, 1.54) is 36.9 Å². The Bertz CT molecular complexity index is 1540. The summed E-state index contributed by atoms with van der Waals surface area (Å²) in [5.41, 5.74) is 7.13. The minimum atomic E-state index is -0.498. The number of nitrogens with zero attached hydrogens (tertiary/aromatic N) is 1. The smallest absolute Gasteiger partial charge is 0.306 e. The van der Waals surface area contributed by atoms with E-state index in [-0.39, 0.29) is 24.3 Å². The number of aromatic nitrogens is 1. The Kier molecular flexibility index (Phi) is 9.54. The van der Waals surface area contributed by atoms with Crippen molar-refractivity contribution in [2.75, 3.05) is 18.0 Å². The van der Waals surface area contributed by atoms with E-state index in [9.17, 15) is 9.59 Å². The normalized spacial score (nSPS) is 14.7. The first-order chi connectivity index (χ1) is 20.7. The maximum absolute atomic E-state index is 13.7. The molecule has 4 aromatic rings. The second-order valence-corrected chi connectivity index (χ2v) is 12.8. The number of anilines is 1. The van der Waals surface area contributed by atoms with Gasteiger partial charge in [-0.2, -0.15) is 0 Å². The maximum atomic E-state index is 13.7. The van der Waals surface area contributed by atoms with Crippen LogP contribution in [0.25, 0.3) is 10.9 Å². The molecular formula is C37H45N3O3. The van der Waals surface area contributed by atoms with Gasteiger partial charge in [-0.15, -0.1) is 0 Å². The number of esters is 1. The number of rotatable bonds is 9. The first-order valence-corrected chi connectivity index (χ1v) is 15.7. The van der Waals surface area contributed by atoms with Gasteiger partial charge in [0.2, 0.25) is 5.91 Å². The van der Waals surface area contributed by atoms with Gasteiger partial charge in [-0.05, 0) is 87.4 Å². The van der Waals surface area contributed by atoms with Gasteiger partial charge in [0.1, 0.15) is 5.60 Å². The summed E-state index contributed by atoms with van der Waals surface area (Å²) in [7, 11) is 0. The molecule has 3 aromatic carbocycles. The maximum Gasteiger partial charge on any atom is 0.306 e. The lowest BCUT2D eigenvalue weighted by Gasteiger charge is -2.30. The fourth-order valence-corrected chi connectivity index (χ4v) is 6.04. The number of fused-ring (bicyclic) bond motifs is 1. The van der Waals surface area contributed by atoms with E-state index < -0.39 is 5.60 Å². The molecule has 0 saturated carbocycles. The molecule has 6 nitrogen and oxygen atoms in total. The molecule has 1 aliphatic rings. The number of benzene rings is 3. The van der Waals surface area contributed by atoms with Crippen LogP contribution >= 0.6 is 0 Å². The Hall–Kier alpha value is -4.06. The average Bonchev–Trinajstić information content (AvgIpc) is 3.17. The van der Waals surface area contributed by atoms with Crippen LogP contribution in [0.3, 0.4) is 0 Å². The summed E-state index contributed by atoms with van der Waals surface area (Å²) < 4.78 is 5.49. The van der Waals surface area contributed by atoms with Crippen LogP contribution in [0.4, 0.5) is 5.69 Å². The third-order valence-corrected chi connectivity index (χ3v) is 8.10. The second kappa shape index (κ2) is 13.5. The number of nitrogens with one attached hydrogen (secondary N) is 2. The standard InChI is InChI=1S/C37H45N3O3/c1-26-14-17-30(33(22-26)40-20-10-5-6-11-21-40)36(28-12-8-7-9-13-28)39-34(41)24-27-15-18-32-31(23-27)29(25-38-32)16-19-35(42)43-37(2,3)4/h7-9,12-15,17-18,22-23,25,36,38H,5-6,10-11,16,19-21,24H2,1-4H3,(H,39,41). The second-order valence-electron chi connectivity index (χ2n) is 12.8. The third-order valence-electron chi connectivity index (χ3n) is 8.10. The molecule has 1 saturated heterocycles. The predicted molar refractivity (Wildman–Crippen MR) is 174 cm³/mol. The van der Waals surface area contributed by atoms with Crippen LogP contribution in [0.1, 0.15) is 86.7 Å². The fraction of sp³-hybridized carbons (Fsp3) is 0.405. The number of hydrogen-bond acceptors (Lipinski definition) is 4. The van der Waals surface area contributed by atoms with Crippen molar-refractivity contribution < 1.29 is 14.3 Å². The first kappa shape index (κ1) is 30.4. The fourth-order valence-electron chi connectivity index (χ4n) is 6.04. The molecule has 1 unspecified atom stereocenters. The summed E-state index contributed by atoms with van der Waals surface area (Å²) in [5.74, 6) is -0.235. The zero-order valence-electron chi connectivity index (χ0n) is 26.0. The van der Waals surface area contributed by atoms with Gasteiger partial charge in [0.15, 0.2) is 0 Å². The van der Waals surface area contributed by atoms with Crippen LogP contribution in [0.2, 0.25) is 0 Å². The Morgan fingerprint density at radius 1 is 0.953 bits per heavy atom. The molecule has 226 valence electrons. The van der Waals surface area contributed by atoms with Crippen molar-refractivity contribution in [1.29, 1.82) is 0 Å². The molecule has 43 heavy (non-hydrogen) atoms. The topological polar surface area (TPSA) is 74.4 Å². The molecule has 0 spiro atoms. The quantitative estimate of drug-likeness (QED) is 0.201. The van der Waals surface area contributed by atoms with Crippen LogP contribution < -0.4 is 10.2 Å². The average molecular weight is 580 g/mol. The Morgan fingerprint density at radius 3 is 2.42 bits per heavy atom. The minimum absolute atomic E-state index is 0.0264. The summed E-state index contributed by atoms with van der Waals surface area (Å²) in [4.78, 5) is 31.8. The van der Waals surface area contributed by atoms with Crippen molar-refractivity contribution in [3.05, 3.63) is 101 Å². The van der Waals surface area contributed by atoms with Gasteiger partial charge in [0.05, 0.1) is 12.5 Å². The molecule has 0 bridgehead atoms. The molecule has 1 fully saturated rings. The molecule has 0 radical (unpaired) electrons. The molecule has 1 amide bonds. The van der Waals surface area contributed by atoms with Crippen LogP contribution in [0, 0.1) is 6.92 Å². The van der Waals surface area contributed by atoms with E-state index in [4.69, 9.17) is 4.74 Å². The van der Waals surface area contributed by atoms with Gasteiger partial charge in [0, 0.05) is 47.9 Å². The molecule has 0 aliphatic carbocycles. The van der Waals surface area contributed by atoms with E-state index in [1.54, 1.807) is 0 Å². The van der Waals surface area contributed by atoms with Crippen LogP contribution in [-0.4, -0.2) is 35.6 Å². The van der Waals surface area contributed by atoms with Gasteiger partial charge in [-0.25, -0.2) is 0 Å². The minimum Gasteiger partial charge on any atom is -0.460 e. The highest BCUT2D eigenvalue weighted by atomic mass is 16.6. The van der Waals surface area contributed by atoms with Crippen molar-refractivity contribution >= 4 is 28.5 Å². The molecule has 6 heteroatoms. The Labute approximate surface area is 255 Å². The molecule has 1 aliphatic heterocycles. The van der Waals surface area contributed by atoms with Gasteiger partial charge < -0.3 is 19.9 Å². The first-order valence-electron chi connectivity index (χ1n) is 15.7. The van der Waals surface area contributed by atoms with Crippen LogP contribution in [0.5, 0.6) is 0 Å². The Morgan fingerprint density at radius 2 is 1.70 bits per heavy atom. The predicted octanol–water partition coefficient (Wildman–Crippen LogP) is 7.58. The third kappa shape index (κ3) is 8.07. The van der Waals surface area contributed by atoms with Gasteiger partial charge in [0.25, 0.3) is 0 Å². The van der Waals surface area contributed by atoms with Crippen molar-refractivity contribution in [2.24, 2.45) is 0 Å². The lowest BCUT2D eigenvalue weighted by molar-refractivity contribution is -0.154. The SMILES string of the molecule is Cc1ccc(C(NC(=O)Cc2ccc3[nH]cc(CCC(=O)OC(C)(C)C)c3c2)c2ccccc2)c(N2CCCCCC2)c1. The largest absolute Gasteiger partial charge is 0.460 e. The van der Waals surface area contributed by atoms with Crippen LogP contribution in [0.15, 0.2) is 72.9 Å². The van der Waals surface area contributed by atoms with Gasteiger partial charge >= 0.3 is 5.97 Å².